The predicted molar refractivity (Wildman–Crippen MR) is 97.6 cm³/mol. The molecule has 7 nitrogen and oxygen atoms in total. The van der Waals surface area contributed by atoms with Crippen molar-refractivity contribution in [2.75, 3.05) is 6.61 Å². The van der Waals surface area contributed by atoms with Gasteiger partial charge in [0.2, 0.25) is 5.88 Å². The van der Waals surface area contributed by atoms with Gasteiger partial charge < -0.3 is 10.1 Å². The molecule has 0 aliphatic rings. The Bertz CT molecular complexity index is 916. The summed E-state index contributed by atoms with van der Waals surface area (Å²) in [6.45, 7) is 4.94. The van der Waals surface area contributed by atoms with Gasteiger partial charge in [-0.25, -0.2) is 15.0 Å². The molecular weight excluding hydrogens is 389 g/mol. The number of halogens is 3. The molecule has 29 heavy (non-hydrogen) atoms. The van der Waals surface area contributed by atoms with E-state index in [1.54, 1.807) is 26.8 Å². The lowest BCUT2D eigenvalue weighted by molar-refractivity contribution is -0.154. The monoisotopic (exact) mass is 410 g/mol. The lowest BCUT2D eigenvalue weighted by Crippen LogP contribution is -2.28. The normalized spacial score (nSPS) is 12.4. The summed E-state index contributed by atoms with van der Waals surface area (Å²) in [5.41, 5.74) is 1.67. The van der Waals surface area contributed by atoms with Crippen LogP contribution in [0.1, 0.15) is 53.0 Å². The summed E-state index contributed by atoms with van der Waals surface area (Å²) in [6, 6.07) is 2.61. The molecule has 2 rings (SSSR count). The third-order valence-electron chi connectivity index (χ3n) is 3.81. The number of nitrogens with zero attached hydrogens (tertiary/aromatic N) is 3. The van der Waals surface area contributed by atoms with Crippen LogP contribution in [0.15, 0.2) is 18.3 Å². The van der Waals surface area contributed by atoms with Crippen molar-refractivity contribution in [2.45, 2.75) is 46.3 Å². The maximum Gasteiger partial charge on any atom is 0.422 e. The van der Waals surface area contributed by atoms with Crippen LogP contribution in [0.3, 0.4) is 0 Å². The molecule has 0 aromatic carbocycles. The average Bonchev–Trinajstić information content (AvgIpc) is 2.58. The van der Waals surface area contributed by atoms with Gasteiger partial charge in [-0.05, 0) is 45.4 Å². The van der Waals surface area contributed by atoms with Gasteiger partial charge in [0.05, 0.1) is 12.5 Å². The van der Waals surface area contributed by atoms with Gasteiger partial charge in [-0.3, -0.25) is 9.59 Å². The number of hydrogen-bond donors (Lipinski definition) is 1. The van der Waals surface area contributed by atoms with E-state index in [0.29, 0.717) is 16.8 Å². The van der Waals surface area contributed by atoms with Crippen molar-refractivity contribution < 1.29 is 27.5 Å². The van der Waals surface area contributed by atoms with Crippen LogP contribution >= 0.6 is 0 Å². The highest BCUT2D eigenvalue weighted by molar-refractivity contribution is 5.92. The van der Waals surface area contributed by atoms with Crippen LogP contribution in [-0.2, 0) is 11.2 Å². The molecule has 0 fully saturated rings. The van der Waals surface area contributed by atoms with Crippen molar-refractivity contribution in [1.82, 2.24) is 20.3 Å². The first-order chi connectivity index (χ1) is 13.4. The van der Waals surface area contributed by atoms with Crippen LogP contribution in [0.4, 0.5) is 13.2 Å². The number of carbonyl (C=O) groups excluding carboxylic acids is 2. The molecule has 2 aromatic heterocycles. The minimum atomic E-state index is -4.45. The number of aryl methyl sites for hydroxylation is 2. The van der Waals surface area contributed by atoms with Gasteiger partial charge in [-0.1, -0.05) is 0 Å². The van der Waals surface area contributed by atoms with Crippen molar-refractivity contribution in [3.8, 4) is 5.88 Å². The number of rotatable bonds is 7. The van der Waals surface area contributed by atoms with Gasteiger partial charge in [0, 0.05) is 17.5 Å². The van der Waals surface area contributed by atoms with Crippen LogP contribution in [0.2, 0.25) is 0 Å². The fourth-order valence-electron chi connectivity index (χ4n) is 2.52. The summed E-state index contributed by atoms with van der Waals surface area (Å²) in [7, 11) is 0. The first-order valence-electron chi connectivity index (χ1n) is 8.75. The quantitative estimate of drug-likeness (QED) is 0.754. The second-order valence-electron chi connectivity index (χ2n) is 6.68. The number of alkyl halides is 3. The summed E-state index contributed by atoms with van der Waals surface area (Å²) in [5, 5.41) is 2.75. The molecule has 10 heteroatoms. The average molecular weight is 410 g/mol. The van der Waals surface area contributed by atoms with Crippen molar-refractivity contribution in [1.29, 1.82) is 0 Å². The first-order valence-corrected chi connectivity index (χ1v) is 8.75. The molecule has 2 aromatic rings. The standard InChI is InChI=1S/C19H21F3N4O3/c1-10-5-14(8-23-18(10)29-9-19(20,21)22)13(4)25-17(28)15-6-11(2)24-16(26-15)7-12(3)27/h5-6,8,13H,7,9H2,1-4H3,(H,25,28). The van der Waals surface area contributed by atoms with Gasteiger partial charge in [0.15, 0.2) is 6.61 Å². The van der Waals surface area contributed by atoms with Gasteiger partial charge >= 0.3 is 6.18 Å². The van der Waals surface area contributed by atoms with E-state index in [9.17, 15) is 22.8 Å². The molecule has 0 saturated heterocycles. The van der Waals surface area contributed by atoms with Crippen LogP contribution in [0.5, 0.6) is 5.88 Å². The lowest BCUT2D eigenvalue weighted by Gasteiger charge is -2.16. The highest BCUT2D eigenvalue weighted by Crippen LogP contribution is 2.22. The van der Waals surface area contributed by atoms with E-state index in [1.165, 1.54) is 19.2 Å². The van der Waals surface area contributed by atoms with Crippen LogP contribution in [0, 0.1) is 13.8 Å². The zero-order valence-corrected chi connectivity index (χ0v) is 16.4. The third-order valence-corrected chi connectivity index (χ3v) is 3.81. The van der Waals surface area contributed by atoms with Crippen molar-refractivity contribution in [3.63, 3.8) is 0 Å². The Morgan fingerprint density at radius 1 is 1.21 bits per heavy atom. The number of pyridine rings is 1. The minimum Gasteiger partial charge on any atom is -0.468 e. The Kier molecular flexibility index (Phi) is 6.89. The highest BCUT2D eigenvalue weighted by atomic mass is 19.4. The number of nitrogens with one attached hydrogen (secondary N) is 1. The largest absolute Gasteiger partial charge is 0.468 e. The molecule has 1 atom stereocenters. The first kappa shape index (κ1) is 22.3. The number of ketones is 1. The Hall–Kier alpha value is -3.04. The molecule has 0 aliphatic heterocycles. The number of aromatic nitrogens is 3. The molecule has 156 valence electrons. The molecule has 0 radical (unpaired) electrons. The van der Waals surface area contributed by atoms with Gasteiger partial charge in [-0.2, -0.15) is 13.2 Å². The summed E-state index contributed by atoms with van der Waals surface area (Å²) >= 11 is 0. The SMILES string of the molecule is CC(=O)Cc1nc(C)cc(C(=O)NC(C)c2cnc(OCC(F)(F)F)c(C)c2)n1. The molecule has 1 N–H and O–H groups in total. The summed E-state index contributed by atoms with van der Waals surface area (Å²) in [4.78, 5) is 35.9. The van der Waals surface area contributed by atoms with E-state index < -0.39 is 24.7 Å². The van der Waals surface area contributed by atoms with Crippen LogP contribution in [0.25, 0.3) is 0 Å². The molecule has 1 amide bonds. The van der Waals surface area contributed by atoms with E-state index in [2.05, 4.69) is 25.0 Å². The van der Waals surface area contributed by atoms with E-state index in [0.717, 1.165) is 0 Å². The molecule has 2 heterocycles. The fraction of sp³-hybridized carbons (Fsp3) is 0.421. The third kappa shape index (κ3) is 6.81. The molecule has 0 spiro atoms. The van der Waals surface area contributed by atoms with Gasteiger partial charge in [-0.15, -0.1) is 0 Å². The lowest BCUT2D eigenvalue weighted by atomic mass is 10.1. The maximum absolute atomic E-state index is 12.5. The van der Waals surface area contributed by atoms with Gasteiger partial charge in [0.1, 0.15) is 17.3 Å². The summed E-state index contributed by atoms with van der Waals surface area (Å²) in [5.74, 6) is -0.448. The van der Waals surface area contributed by atoms with E-state index in [-0.39, 0.29) is 29.6 Å². The van der Waals surface area contributed by atoms with Crippen molar-refractivity contribution in [3.05, 3.63) is 46.7 Å². The fourth-order valence-corrected chi connectivity index (χ4v) is 2.52. The number of hydrogen-bond acceptors (Lipinski definition) is 6. The van der Waals surface area contributed by atoms with Crippen molar-refractivity contribution in [2.24, 2.45) is 0 Å². The Morgan fingerprint density at radius 2 is 1.90 bits per heavy atom. The maximum atomic E-state index is 12.5. The van der Waals surface area contributed by atoms with E-state index in [1.807, 2.05) is 0 Å². The molecular formula is C19H21F3N4O3. The van der Waals surface area contributed by atoms with E-state index >= 15 is 0 Å². The van der Waals surface area contributed by atoms with Gasteiger partial charge in [0.25, 0.3) is 5.91 Å². The zero-order chi connectivity index (χ0) is 21.8. The minimum absolute atomic E-state index is 0.0278. The zero-order valence-electron chi connectivity index (χ0n) is 16.4. The number of Topliss-reactive ketones (excluding diaryl/α,β-unsaturated/α-hetero) is 1. The Morgan fingerprint density at radius 3 is 2.48 bits per heavy atom. The molecule has 0 aliphatic carbocycles. The predicted octanol–water partition coefficient (Wildman–Crippen LogP) is 3.05. The number of carbonyl (C=O) groups is 2. The van der Waals surface area contributed by atoms with Crippen LogP contribution in [-0.4, -0.2) is 39.4 Å². The molecule has 1 unspecified atom stereocenters. The molecule has 0 saturated carbocycles. The number of ether oxygens (including phenoxy) is 1. The topological polar surface area (TPSA) is 94.1 Å². The highest BCUT2D eigenvalue weighted by Gasteiger charge is 2.29. The molecule has 0 bridgehead atoms. The van der Waals surface area contributed by atoms with E-state index in [4.69, 9.17) is 0 Å². The summed E-state index contributed by atoms with van der Waals surface area (Å²) in [6.07, 6.45) is -3.08. The second kappa shape index (κ2) is 8.97. The number of amides is 1. The second-order valence-corrected chi connectivity index (χ2v) is 6.68. The Labute approximate surface area is 165 Å². The van der Waals surface area contributed by atoms with Crippen molar-refractivity contribution >= 4 is 11.7 Å². The Balaban J connectivity index is 2.10. The van der Waals surface area contributed by atoms with Crippen LogP contribution < -0.4 is 10.1 Å². The smallest absolute Gasteiger partial charge is 0.422 e. The summed E-state index contributed by atoms with van der Waals surface area (Å²) < 4.78 is 41.5.